The molecule has 2 aromatic carbocycles. The number of carbonyl (C=O) groups is 2. The third-order valence-electron chi connectivity index (χ3n) is 4.82. The van der Waals surface area contributed by atoms with Gasteiger partial charge in [-0.15, -0.1) is 0 Å². The van der Waals surface area contributed by atoms with Crippen LogP contribution < -0.4 is 5.32 Å². The zero-order valence-corrected chi connectivity index (χ0v) is 15.8. The van der Waals surface area contributed by atoms with Crippen molar-refractivity contribution in [1.29, 1.82) is 0 Å². The van der Waals surface area contributed by atoms with E-state index in [-0.39, 0.29) is 21.6 Å². The number of benzene rings is 2. The molecule has 6 nitrogen and oxygen atoms in total. The SMILES string of the molecule is CC1(c2nc3c(C(=O)O)cc(NC(=O)c4cc(Cl)ccc4Cl)cc3[nH]2)CC1. The fraction of sp³-hybridized carbons (Fsp3) is 0.211. The van der Waals surface area contributed by atoms with Crippen molar-refractivity contribution in [2.24, 2.45) is 0 Å². The first kappa shape index (κ1) is 17.8. The number of aromatic amines is 1. The van der Waals surface area contributed by atoms with Crippen LogP contribution in [0.2, 0.25) is 10.0 Å². The number of aromatic nitrogens is 2. The number of halogens is 2. The Balaban J connectivity index is 1.74. The number of carboxylic acids is 1. The van der Waals surface area contributed by atoms with Crippen LogP contribution in [0.25, 0.3) is 11.0 Å². The molecule has 0 radical (unpaired) electrons. The first-order chi connectivity index (χ1) is 12.8. The summed E-state index contributed by atoms with van der Waals surface area (Å²) in [5.74, 6) is -0.829. The van der Waals surface area contributed by atoms with Crippen LogP contribution in [0.5, 0.6) is 0 Å². The number of nitrogens with zero attached hydrogens (tertiary/aromatic N) is 1. The van der Waals surface area contributed by atoms with Crippen molar-refractivity contribution in [3.05, 3.63) is 57.3 Å². The van der Waals surface area contributed by atoms with Gasteiger partial charge in [-0.05, 0) is 43.2 Å². The van der Waals surface area contributed by atoms with Crippen molar-refractivity contribution < 1.29 is 14.7 Å². The second-order valence-electron chi connectivity index (χ2n) is 6.95. The molecule has 27 heavy (non-hydrogen) atoms. The van der Waals surface area contributed by atoms with Crippen LogP contribution in [0.15, 0.2) is 30.3 Å². The molecule has 0 atom stereocenters. The lowest BCUT2D eigenvalue weighted by atomic mass is 10.1. The van der Waals surface area contributed by atoms with E-state index in [0.717, 1.165) is 18.7 Å². The normalized spacial score (nSPS) is 14.9. The van der Waals surface area contributed by atoms with Crippen molar-refractivity contribution in [1.82, 2.24) is 9.97 Å². The minimum Gasteiger partial charge on any atom is -0.478 e. The van der Waals surface area contributed by atoms with Crippen LogP contribution >= 0.6 is 23.2 Å². The summed E-state index contributed by atoms with van der Waals surface area (Å²) in [4.78, 5) is 31.9. The fourth-order valence-electron chi connectivity index (χ4n) is 2.93. The topological polar surface area (TPSA) is 95.1 Å². The van der Waals surface area contributed by atoms with E-state index in [0.29, 0.717) is 21.7 Å². The molecular formula is C19H15Cl2N3O3. The second-order valence-corrected chi connectivity index (χ2v) is 7.79. The quantitative estimate of drug-likeness (QED) is 0.578. The van der Waals surface area contributed by atoms with Crippen LogP contribution in [-0.2, 0) is 5.41 Å². The smallest absolute Gasteiger partial charge is 0.338 e. The van der Waals surface area contributed by atoms with E-state index in [1.807, 2.05) is 0 Å². The molecule has 0 bridgehead atoms. The molecule has 1 saturated carbocycles. The van der Waals surface area contributed by atoms with E-state index in [1.165, 1.54) is 18.2 Å². The number of aromatic carboxylic acids is 1. The zero-order valence-electron chi connectivity index (χ0n) is 14.3. The number of nitrogens with one attached hydrogen (secondary N) is 2. The van der Waals surface area contributed by atoms with Crippen LogP contribution in [0, 0.1) is 0 Å². The number of H-pyrrole nitrogens is 1. The number of rotatable bonds is 4. The predicted octanol–water partition coefficient (Wildman–Crippen LogP) is 4.87. The Morgan fingerprint density at radius 2 is 1.93 bits per heavy atom. The number of hydrogen-bond acceptors (Lipinski definition) is 3. The highest BCUT2D eigenvalue weighted by atomic mass is 35.5. The summed E-state index contributed by atoms with van der Waals surface area (Å²) >= 11 is 12.0. The molecule has 4 rings (SSSR count). The lowest BCUT2D eigenvalue weighted by molar-refractivity contribution is 0.0698. The number of fused-ring (bicyclic) bond motifs is 1. The molecular weight excluding hydrogens is 389 g/mol. The molecule has 0 unspecified atom stereocenters. The first-order valence-electron chi connectivity index (χ1n) is 8.31. The van der Waals surface area contributed by atoms with Gasteiger partial charge in [-0.2, -0.15) is 0 Å². The van der Waals surface area contributed by atoms with Crippen molar-refractivity contribution in [3.8, 4) is 0 Å². The summed E-state index contributed by atoms with van der Waals surface area (Å²) in [7, 11) is 0. The molecule has 1 heterocycles. The maximum Gasteiger partial charge on any atom is 0.338 e. The number of carboxylic acid groups (broad SMARTS) is 1. The van der Waals surface area contributed by atoms with Gasteiger partial charge in [0.25, 0.3) is 5.91 Å². The van der Waals surface area contributed by atoms with Gasteiger partial charge in [0, 0.05) is 16.1 Å². The van der Waals surface area contributed by atoms with Crippen molar-refractivity contribution in [2.75, 3.05) is 5.32 Å². The van der Waals surface area contributed by atoms with Crippen molar-refractivity contribution in [2.45, 2.75) is 25.2 Å². The van der Waals surface area contributed by atoms with Crippen LogP contribution in [0.4, 0.5) is 5.69 Å². The van der Waals surface area contributed by atoms with E-state index in [4.69, 9.17) is 23.2 Å². The van der Waals surface area contributed by atoms with E-state index in [9.17, 15) is 14.7 Å². The molecule has 1 aliphatic carbocycles. The van der Waals surface area contributed by atoms with Gasteiger partial charge in [0.2, 0.25) is 0 Å². The molecule has 138 valence electrons. The summed E-state index contributed by atoms with van der Waals surface area (Å²) in [5, 5.41) is 12.9. The largest absolute Gasteiger partial charge is 0.478 e. The monoisotopic (exact) mass is 403 g/mol. The lowest BCUT2D eigenvalue weighted by Gasteiger charge is -2.08. The van der Waals surface area contributed by atoms with Gasteiger partial charge in [0.15, 0.2) is 0 Å². The highest BCUT2D eigenvalue weighted by molar-refractivity contribution is 6.36. The van der Waals surface area contributed by atoms with E-state index < -0.39 is 11.9 Å². The van der Waals surface area contributed by atoms with Crippen LogP contribution in [0.1, 0.15) is 46.3 Å². The summed E-state index contributed by atoms with van der Waals surface area (Å²) in [6.07, 6.45) is 2.01. The molecule has 0 spiro atoms. The van der Waals surface area contributed by atoms with Gasteiger partial charge in [-0.3, -0.25) is 4.79 Å². The van der Waals surface area contributed by atoms with Gasteiger partial charge < -0.3 is 15.4 Å². The first-order valence-corrected chi connectivity index (χ1v) is 9.06. The highest BCUT2D eigenvalue weighted by Gasteiger charge is 2.42. The van der Waals surface area contributed by atoms with Crippen LogP contribution in [0.3, 0.4) is 0 Å². The van der Waals surface area contributed by atoms with Gasteiger partial charge in [-0.1, -0.05) is 30.1 Å². The Morgan fingerprint density at radius 1 is 1.19 bits per heavy atom. The minimum absolute atomic E-state index is 0.0201. The zero-order chi connectivity index (χ0) is 19.3. The van der Waals surface area contributed by atoms with Crippen molar-refractivity contribution in [3.63, 3.8) is 0 Å². The standard InChI is InChI=1S/C19H15Cl2N3O3/c1-19(4-5-19)18-23-14-8-10(7-12(17(26)27)15(14)24-18)22-16(25)11-6-9(20)2-3-13(11)21/h2-3,6-8H,4-5H2,1H3,(H,22,25)(H,23,24)(H,26,27). The molecule has 1 fully saturated rings. The molecule has 0 saturated heterocycles. The molecule has 3 aromatic rings. The third kappa shape index (κ3) is 3.26. The highest BCUT2D eigenvalue weighted by Crippen LogP contribution is 2.46. The van der Waals surface area contributed by atoms with Gasteiger partial charge in [0.05, 0.1) is 21.7 Å². The molecule has 0 aliphatic heterocycles. The molecule has 8 heteroatoms. The van der Waals surface area contributed by atoms with E-state index >= 15 is 0 Å². The van der Waals surface area contributed by atoms with E-state index in [1.54, 1.807) is 12.1 Å². The summed E-state index contributed by atoms with van der Waals surface area (Å²) in [6, 6.07) is 7.63. The number of hydrogen-bond donors (Lipinski definition) is 3. The molecule has 1 aliphatic rings. The molecule has 1 amide bonds. The lowest BCUT2D eigenvalue weighted by Crippen LogP contribution is -2.13. The number of imidazole rings is 1. The summed E-state index contributed by atoms with van der Waals surface area (Å²) in [5.41, 5.74) is 1.46. The Morgan fingerprint density at radius 3 is 2.59 bits per heavy atom. The molecule has 1 aromatic heterocycles. The number of anilines is 1. The van der Waals surface area contributed by atoms with Gasteiger partial charge in [0.1, 0.15) is 11.3 Å². The Labute approximate surface area is 164 Å². The summed E-state index contributed by atoms with van der Waals surface area (Å²) < 4.78 is 0. The average Bonchev–Trinajstić information content (AvgIpc) is 3.21. The second kappa shape index (κ2) is 6.25. The number of amides is 1. The fourth-order valence-corrected chi connectivity index (χ4v) is 3.31. The molecule has 3 N–H and O–H groups in total. The average molecular weight is 404 g/mol. The Kier molecular flexibility index (Phi) is 4.13. The van der Waals surface area contributed by atoms with Gasteiger partial charge in [-0.25, -0.2) is 9.78 Å². The number of carbonyl (C=O) groups excluding carboxylic acids is 1. The Bertz CT molecular complexity index is 1100. The van der Waals surface area contributed by atoms with Crippen LogP contribution in [-0.4, -0.2) is 27.0 Å². The van der Waals surface area contributed by atoms with Crippen molar-refractivity contribution >= 4 is 51.8 Å². The summed E-state index contributed by atoms with van der Waals surface area (Å²) in [6.45, 7) is 2.08. The van der Waals surface area contributed by atoms with Gasteiger partial charge >= 0.3 is 5.97 Å². The third-order valence-corrected chi connectivity index (χ3v) is 5.38. The maximum atomic E-state index is 12.6. The maximum absolute atomic E-state index is 12.6. The van der Waals surface area contributed by atoms with E-state index in [2.05, 4.69) is 22.2 Å². The predicted molar refractivity (Wildman–Crippen MR) is 104 cm³/mol. The minimum atomic E-state index is -1.11. The Hall–Kier alpha value is -2.57.